The number of hydrogen-bond donors (Lipinski definition) is 0. The lowest BCUT2D eigenvalue weighted by Gasteiger charge is -2.14. The van der Waals surface area contributed by atoms with Gasteiger partial charge in [-0.2, -0.15) is 0 Å². The van der Waals surface area contributed by atoms with Gasteiger partial charge in [0.05, 0.1) is 10.6 Å². The Balaban J connectivity index is 2.29. The Morgan fingerprint density at radius 3 is 2.45 bits per heavy atom. The summed E-state index contributed by atoms with van der Waals surface area (Å²) in [5, 5.41) is 1.34. The van der Waals surface area contributed by atoms with Gasteiger partial charge < -0.3 is 4.90 Å². The van der Waals surface area contributed by atoms with Gasteiger partial charge in [-0.3, -0.25) is 0 Å². The standard InChI is InChI=1S/C15H13ClN2O2S2/c1-18(2)13-12-4-3-9-17-14(12)21-15(13)22(19,20)11-7-5-10(16)6-8-11/h3-9H,1-2H3. The summed E-state index contributed by atoms with van der Waals surface area (Å²) in [5.41, 5.74) is 0.669. The lowest BCUT2D eigenvalue weighted by atomic mass is 10.3. The summed E-state index contributed by atoms with van der Waals surface area (Å²) in [4.78, 5) is 7.02. The molecule has 3 rings (SSSR count). The number of fused-ring (bicyclic) bond motifs is 1. The molecule has 0 aliphatic rings. The molecule has 22 heavy (non-hydrogen) atoms. The monoisotopic (exact) mass is 352 g/mol. The number of rotatable bonds is 3. The van der Waals surface area contributed by atoms with E-state index in [1.807, 2.05) is 25.1 Å². The van der Waals surface area contributed by atoms with Crippen molar-refractivity contribution in [3.05, 3.63) is 47.6 Å². The summed E-state index contributed by atoms with van der Waals surface area (Å²) in [6.07, 6.45) is 1.66. The van der Waals surface area contributed by atoms with Gasteiger partial charge in [0.25, 0.3) is 0 Å². The van der Waals surface area contributed by atoms with Gasteiger partial charge in [0.1, 0.15) is 4.83 Å². The molecule has 0 bridgehead atoms. The average Bonchev–Trinajstić information content (AvgIpc) is 2.88. The van der Waals surface area contributed by atoms with Crippen molar-refractivity contribution in [2.45, 2.75) is 9.10 Å². The van der Waals surface area contributed by atoms with Gasteiger partial charge in [0.15, 0.2) is 4.21 Å². The second-order valence-electron chi connectivity index (χ2n) is 4.95. The van der Waals surface area contributed by atoms with E-state index < -0.39 is 9.84 Å². The molecular formula is C15H13ClN2O2S2. The van der Waals surface area contributed by atoms with Crippen molar-refractivity contribution in [2.24, 2.45) is 0 Å². The van der Waals surface area contributed by atoms with Gasteiger partial charge >= 0.3 is 0 Å². The van der Waals surface area contributed by atoms with E-state index in [2.05, 4.69) is 4.98 Å². The number of aromatic nitrogens is 1. The molecule has 0 atom stereocenters. The molecule has 0 fully saturated rings. The molecule has 0 aliphatic carbocycles. The number of nitrogens with zero attached hydrogens (tertiary/aromatic N) is 2. The third kappa shape index (κ3) is 2.47. The summed E-state index contributed by atoms with van der Waals surface area (Å²) >= 11 is 7.03. The molecule has 1 aromatic carbocycles. The second kappa shape index (κ2) is 5.53. The van der Waals surface area contributed by atoms with Crippen LogP contribution in [0.1, 0.15) is 0 Å². The second-order valence-corrected chi connectivity index (χ2v) is 8.53. The molecule has 0 saturated heterocycles. The molecule has 3 aromatic rings. The summed E-state index contributed by atoms with van der Waals surface area (Å²) in [6, 6.07) is 9.89. The minimum atomic E-state index is -3.62. The molecule has 2 aromatic heterocycles. The van der Waals surface area contributed by atoms with Gasteiger partial charge in [-0.25, -0.2) is 13.4 Å². The summed E-state index contributed by atoms with van der Waals surface area (Å²) in [5.74, 6) is 0. The number of benzene rings is 1. The van der Waals surface area contributed by atoms with Gasteiger partial charge in [-0.15, -0.1) is 11.3 Å². The Hall–Kier alpha value is -1.63. The number of pyridine rings is 1. The zero-order chi connectivity index (χ0) is 15.9. The topological polar surface area (TPSA) is 50.3 Å². The van der Waals surface area contributed by atoms with Crippen molar-refractivity contribution < 1.29 is 8.42 Å². The fourth-order valence-corrected chi connectivity index (χ4v) is 5.52. The maximum atomic E-state index is 13.0. The number of anilines is 1. The van der Waals surface area contributed by atoms with Gasteiger partial charge in [-0.1, -0.05) is 11.6 Å². The van der Waals surface area contributed by atoms with Gasteiger partial charge in [-0.05, 0) is 36.4 Å². The summed E-state index contributed by atoms with van der Waals surface area (Å²) < 4.78 is 26.2. The number of thiophene rings is 1. The molecule has 0 radical (unpaired) electrons. The fourth-order valence-electron chi connectivity index (χ4n) is 2.22. The average molecular weight is 353 g/mol. The molecule has 0 unspecified atom stereocenters. The first-order valence-corrected chi connectivity index (χ1v) is 9.14. The van der Waals surface area contributed by atoms with Crippen LogP contribution in [0.15, 0.2) is 51.7 Å². The first-order chi connectivity index (χ1) is 10.4. The predicted molar refractivity (Wildman–Crippen MR) is 90.9 cm³/mol. The lowest BCUT2D eigenvalue weighted by molar-refractivity contribution is 0.598. The van der Waals surface area contributed by atoms with Crippen molar-refractivity contribution in [1.82, 2.24) is 4.98 Å². The Kier molecular flexibility index (Phi) is 3.84. The molecular weight excluding hydrogens is 340 g/mol. The largest absolute Gasteiger partial charge is 0.375 e. The molecule has 0 amide bonds. The maximum absolute atomic E-state index is 13.0. The molecule has 114 valence electrons. The minimum Gasteiger partial charge on any atom is -0.375 e. The van der Waals surface area contributed by atoms with Crippen molar-refractivity contribution >= 4 is 48.7 Å². The zero-order valence-electron chi connectivity index (χ0n) is 11.9. The zero-order valence-corrected chi connectivity index (χ0v) is 14.3. The summed E-state index contributed by atoms with van der Waals surface area (Å²) in [7, 11) is 0.0424. The quantitative estimate of drug-likeness (QED) is 0.718. The number of sulfone groups is 1. The van der Waals surface area contributed by atoms with Crippen molar-refractivity contribution in [1.29, 1.82) is 0 Å². The van der Waals surface area contributed by atoms with E-state index in [9.17, 15) is 8.42 Å². The first-order valence-electron chi connectivity index (χ1n) is 6.47. The smallest absolute Gasteiger partial charge is 0.218 e. The molecule has 2 heterocycles. The normalized spacial score (nSPS) is 11.8. The fraction of sp³-hybridized carbons (Fsp3) is 0.133. The van der Waals surface area contributed by atoms with E-state index in [0.29, 0.717) is 19.7 Å². The van der Waals surface area contributed by atoms with Crippen LogP contribution >= 0.6 is 22.9 Å². The molecule has 7 heteroatoms. The third-order valence-corrected chi connectivity index (χ3v) is 6.86. The third-order valence-electron chi connectivity index (χ3n) is 3.22. The van der Waals surface area contributed by atoms with Crippen LogP contribution in [0.25, 0.3) is 10.2 Å². The van der Waals surface area contributed by atoms with E-state index in [0.717, 1.165) is 5.39 Å². The van der Waals surface area contributed by atoms with E-state index in [1.54, 1.807) is 24.4 Å². The SMILES string of the molecule is CN(C)c1c(S(=O)(=O)c2ccc(Cl)cc2)sc2ncccc12. The molecule has 0 aliphatic heterocycles. The summed E-state index contributed by atoms with van der Waals surface area (Å²) in [6.45, 7) is 0. The Labute approximate surface area is 137 Å². The van der Waals surface area contributed by atoms with Crippen LogP contribution in [0.5, 0.6) is 0 Å². The highest BCUT2D eigenvalue weighted by molar-refractivity contribution is 7.93. The predicted octanol–water partition coefficient (Wildman–Crippen LogP) is 3.85. The van der Waals surface area contributed by atoms with Gasteiger partial charge in [0.2, 0.25) is 9.84 Å². The molecule has 0 N–H and O–H groups in total. The van der Waals surface area contributed by atoms with E-state index in [1.165, 1.54) is 23.5 Å². The van der Waals surface area contributed by atoms with Crippen LogP contribution in [0.4, 0.5) is 5.69 Å². The number of hydrogen-bond acceptors (Lipinski definition) is 5. The molecule has 0 spiro atoms. The highest BCUT2D eigenvalue weighted by Gasteiger charge is 2.27. The van der Waals surface area contributed by atoms with Crippen molar-refractivity contribution in [3.8, 4) is 0 Å². The maximum Gasteiger partial charge on any atom is 0.218 e. The molecule has 4 nitrogen and oxygen atoms in total. The van der Waals surface area contributed by atoms with Gasteiger partial charge in [0, 0.05) is 30.7 Å². The van der Waals surface area contributed by atoms with Crippen LogP contribution < -0.4 is 4.90 Å². The van der Waals surface area contributed by atoms with E-state index >= 15 is 0 Å². The van der Waals surface area contributed by atoms with Crippen LogP contribution in [0, 0.1) is 0 Å². The Morgan fingerprint density at radius 2 is 1.82 bits per heavy atom. The Bertz CT molecular complexity index is 932. The lowest BCUT2D eigenvalue weighted by Crippen LogP contribution is -2.12. The van der Waals surface area contributed by atoms with E-state index in [4.69, 9.17) is 11.6 Å². The number of halogens is 1. The highest BCUT2D eigenvalue weighted by Crippen LogP contribution is 2.41. The van der Waals surface area contributed by atoms with Crippen LogP contribution in [0.3, 0.4) is 0 Å². The minimum absolute atomic E-state index is 0.228. The van der Waals surface area contributed by atoms with Crippen molar-refractivity contribution in [2.75, 3.05) is 19.0 Å². The van der Waals surface area contributed by atoms with Crippen molar-refractivity contribution in [3.63, 3.8) is 0 Å². The first kappa shape index (κ1) is 15.3. The molecule has 0 saturated carbocycles. The highest BCUT2D eigenvalue weighted by atomic mass is 35.5. The van der Waals surface area contributed by atoms with Crippen LogP contribution in [0.2, 0.25) is 5.02 Å². The van der Waals surface area contributed by atoms with E-state index in [-0.39, 0.29) is 4.90 Å². The Morgan fingerprint density at radius 1 is 1.14 bits per heavy atom. The van der Waals surface area contributed by atoms with Crippen LogP contribution in [-0.4, -0.2) is 27.5 Å². The van der Waals surface area contributed by atoms with Crippen LogP contribution in [-0.2, 0) is 9.84 Å².